The van der Waals surface area contributed by atoms with Crippen LogP contribution in [0.5, 0.6) is 0 Å². The van der Waals surface area contributed by atoms with Gasteiger partial charge in [0.1, 0.15) is 5.82 Å². The van der Waals surface area contributed by atoms with Crippen LogP contribution in [0.3, 0.4) is 0 Å². The molecule has 0 bridgehead atoms. The summed E-state index contributed by atoms with van der Waals surface area (Å²) in [7, 11) is 0. The summed E-state index contributed by atoms with van der Waals surface area (Å²) in [5, 5.41) is 0. The van der Waals surface area contributed by atoms with Gasteiger partial charge in [-0.15, -0.1) is 0 Å². The lowest BCUT2D eigenvalue weighted by Gasteiger charge is -1.90. The van der Waals surface area contributed by atoms with E-state index in [9.17, 15) is 0 Å². The molecule has 0 spiro atoms. The summed E-state index contributed by atoms with van der Waals surface area (Å²) < 4.78 is 0. The minimum atomic E-state index is 0.384. The van der Waals surface area contributed by atoms with Crippen molar-refractivity contribution in [2.45, 2.75) is 0 Å². The van der Waals surface area contributed by atoms with Crippen molar-refractivity contribution in [2.75, 3.05) is 0 Å². The topological polar surface area (TPSA) is 52.0 Å². The van der Waals surface area contributed by atoms with E-state index in [-0.39, 0.29) is 0 Å². The molecule has 42 valence electrons. The highest BCUT2D eigenvalue weighted by atomic mass is 14.8. The van der Waals surface area contributed by atoms with Gasteiger partial charge in [0.15, 0.2) is 0 Å². The largest absolute Gasteiger partial charge is 0.385 e. The average Bonchev–Trinajstić information content (AvgIpc) is 2.12. The molecule has 0 aromatic carbocycles. The maximum absolute atomic E-state index is 5.25. The molecule has 4 N–H and O–H groups in total. The first-order chi connectivity index (χ1) is 3.80. The summed E-state index contributed by atoms with van der Waals surface area (Å²) in [5.74, 6) is 0.384. The first kappa shape index (κ1) is 4.97. The Labute approximate surface area is 48.2 Å². The highest BCUT2D eigenvalue weighted by Gasteiger charge is 1.92. The van der Waals surface area contributed by atoms with E-state index in [1.165, 1.54) is 0 Å². The molecule has 1 aliphatic carbocycles. The van der Waals surface area contributed by atoms with Crippen LogP contribution in [0.2, 0.25) is 0 Å². The van der Waals surface area contributed by atoms with Crippen LogP contribution in [0.4, 0.5) is 0 Å². The van der Waals surface area contributed by atoms with Crippen molar-refractivity contribution in [1.82, 2.24) is 0 Å². The minimum Gasteiger partial charge on any atom is -0.385 e. The van der Waals surface area contributed by atoms with Gasteiger partial charge in [-0.05, 0) is 0 Å². The van der Waals surface area contributed by atoms with E-state index < -0.39 is 0 Å². The molecule has 0 fully saturated rings. The van der Waals surface area contributed by atoms with E-state index in [0.717, 1.165) is 5.57 Å². The van der Waals surface area contributed by atoms with Gasteiger partial charge in [0.25, 0.3) is 0 Å². The van der Waals surface area contributed by atoms with Gasteiger partial charge in [-0.2, -0.15) is 0 Å². The molecule has 0 atom stereocenters. The number of hydrogen-bond acceptors (Lipinski definition) is 2. The van der Waals surface area contributed by atoms with Gasteiger partial charge < -0.3 is 11.5 Å². The Bertz CT molecular complexity index is 157. The second-order valence-corrected chi connectivity index (χ2v) is 1.63. The summed E-state index contributed by atoms with van der Waals surface area (Å²) >= 11 is 0. The van der Waals surface area contributed by atoms with Gasteiger partial charge in [0.2, 0.25) is 0 Å². The van der Waals surface area contributed by atoms with E-state index >= 15 is 0 Å². The lowest BCUT2D eigenvalue weighted by Crippen LogP contribution is -2.09. The molecule has 2 nitrogen and oxygen atoms in total. The van der Waals surface area contributed by atoms with Crippen molar-refractivity contribution in [2.24, 2.45) is 11.5 Å². The summed E-state index contributed by atoms with van der Waals surface area (Å²) in [6.07, 6.45) is 7.54. The summed E-state index contributed by atoms with van der Waals surface area (Å²) in [5.41, 5.74) is 11.4. The minimum absolute atomic E-state index is 0.384. The zero-order valence-corrected chi connectivity index (χ0v) is 4.46. The van der Waals surface area contributed by atoms with Gasteiger partial charge in [-0.3, -0.25) is 0 Å². The van der Waals surface area contributed by atoms with Crippen molar-refractivity contribution in [3.63, 3.8) is 0 Å². The Morgan fingerprint density at radius 1 is 1.12 bits per heavy atom. The first-order valence-corrected chi connectivity index (χ1v) is 2.40. The molecular formula is C6H8N2. The predicted molar refractivity (Wildman–Crippen MR) is 33.7 cm³/mol. The van der Waals surface area contributed by atoms with Crippen LogP contribution < -0.4 is 11.5 Å². The van der Waals surface area contributed by atoms with Crippen molar-refractivity contribution >= 4 is 0 Å². The van der Waals surface area contributed by atoms with Crippen molar-refractivity contribution in [3.05, 3.63) is 35.7 Å². The lowest BCUT2D eigenvalue weighted by molar-refractivity contribution is 1.22. The van der Waals surface area contributed by atoms with Crippen LogP contribution in [0.1, 0.15) is 0 Å². The molecule has 0 saturated heterocycles. The molecule has 8 heavy (non-hydrogen) atoms. The van der Waals surface area contributed by atoms with Crippen LogP contribution in [0, 0.1) is 0 Å². The van der Waals surface area contributed by atoms with E-state index in [4.69, 9.17) is 11.5 Å². The van der Waals surface area contributed by atoms with Crippen LogP contribution in [0.15, 0.2) is 35.7 Å². The van der Waals surface area contributed by atoms with Crippen LogP contribution in [-0.4, -0.2) is 0 Å². The molecule has 0 aliphatic heterocycles. The average molecular weight is 108 g/mol. The molecular weight excluding hydrogens is 100 g/mol. The first-order valence-electron chi connectivity index (χ1n) is 2.40. The van der Waals surface area contributed by atoms with Crippen LogP contribution >= 0.6 is 0 Å². The third kappa shape index (κ3) is 0.729. The highest BCUT2D eigenvalue weighted by Crippen LogP contribution is 2.05. The summed E-state index contributed by atoms with van der Waals surface area (Å²) in [4.78, 5) is 0. The maximum Gasteiger partial charge on any atom is 0.101 e. The number of rotatable bonds is 0. The molecule has 1 aliphatic rings. The molecule has 0 aromatic rings. The molecule has 0 saturated carbocycles. The molecule has 0 amide bonds. The third-order valence-electron chi connectivity index (χ3n) is 0.996. The second kappa shape index (κ2) is 1.74. The molecule has 0 heterocycles. The highest BCUT2D eigenvalue weighted by molar-refractivity contribution is 5.41. The fraction of sp³-hybridized carbons (Fsp3) is 0. The van der Waals surface area contributed by atoms with Gasteiger partial charge >= 0.3 is 0 Å². The van der Waals surface area contributed by atoms with E-state index in [0.29, 0.717) is 5.82 Å². The number of allylic oxidation sites excluding steroid dienone is 5. The van der Waals surface area contributed by atoms with E-state index in [1.807, 2.05) is 24.3 Å². The van der Waals surface area contributed by atoms with E-state index in [2.05, 4.69) is 0 Å². The van der Waals surface area contributed by atoms with Crippen molar-refractivity contribution in [1.29, 1.82) is 0 Å². The summed E-state index contributed by atoms with van der Waals surface area (Å²) in [6.45, 7) is 0. The van der Waals surface area contributed by atoms with Gasteiger partial charge in [-0.1, -0.05) is 24.3 Å². The number of nitrogens with two attached hydrogens (primary N) is 2. The molecule has 2 heteroatoms. The fourth-order valence-electron chi connectivity index (χ4n) is 0.566. The van der Waals surface area contributed by atoms with Gasteiger partial charge in [-0.25, -0.2) is 0 Å². The molecule has 0 radical (unpaired) electrons. The molecule has 0 unspecified atom stereocenters. The monoisotopic (exact) mass is 108 g/mol. The molecule has 0 aromatic heterocycles. The zero-order valence-electron chi connectivity index (χ0n) is 4.46. The van der Waals surface area contributed by atoms with Gasteiger partial charge in [0.05, 0.1) is 0 Å². The zero-order chi connectivity index (χ0) is 5.98. The smallest absolute Gasteiger partial charge is 0.101 e. The Kier molecular flexibility index (Phi) is 1.08. The van der Waals surface area contributed by atoms with Gasteiger partial charge in [0, 0.05) is 5.57 Å². The van der Waals surface area contributed by atoms with Crippen LogP contribution in [-0.2, 0) is 0 Å². The van der Waals surface area contributed by atoms with E-state index in [1.54, 1.807) is 0 Å². The normalized spacial score (nSPS) is 15.2. The molecule has 1 rings (SSSR count). The fourth-order valence-corrected chi connectivity index (χ4v) is 0.566. The number of hydrogen-bond donors (Lipinski definition) is 2. The Morgan fingerprint density at radius 3 is 1.88 bits per heavy atom. The Hall–Kier alpha value is -1.18. The van der Waals surface area contributed by atoms with Crippen LogP contribution in [0.25, 0.3) is 0 Å². The summed E-state index contributed by atoms with van der Waals surface area (Å²) in [6, 6.07) is 0. The maximum atomic E-state index is 5.25. The standard InChI is InChI=1S/C6H8N2/c7-6(8)5-3-1-2-4-5/h1-4H,7-8H2. The Morgan fingerprint density at radius 2 is 1.62 bits per heavy atom. The third-order valence-corrected chi connectivity index (χ3v) is 0.996. The SMILES string of the molecule is NC(N)=C1C=CC=C1. The lowest BCUT2D eigenvalue weighted by atomic mass is 10.3. The van der Waals surface area contributed by atoms with Crippen molar-refractivity contribution in [3.8, 4) is 0 Å². The predicted octanol–water partition coefficient (Wildman–Crippen LogP) is 0.241. The quantitative estimate of drug-likeness (QED) is 0.467. The van der Waals surface area contributed by atoms with Crippen molar-refractivity contribution < 1.29 is 0 Å². The second-order valence-electron chi connectivity index (χ2n) is 1.63. The Balaban J connectivity index is 2.90.